The van der Waals surface area contributed by atoms with Gasteiger partial charge in [-0.2, -0.15) is 0 Å². The van der Waals surface area contributed by atoms with Gasteiger partial charge in [-0.3, -0.25) is 0 Å². The Balaban J connectivity index is 1.42. The highest BCUT2D eigenvalue weighted by molar-refractivity contribution is 4.86. The molecule has 1 N–H and O–H groups in total. The third-order valence-corrected chi connectivity index (χ3v) is 8.11. The quantitative estimate of drug-likeness (QED) is 0.657. The van der Waals surface area contributed by atoms with E-state index in [2.05, 4.69) is 42.8 Å². The molecule has 0 bridgehead atoms. The molecule has 0 radical (unpaired) electrons. The van der Waals surface area contributed by atoms with Crippen molar-refractivity contribution >= 4 is 0 Å². The summed E-state index contributed by atoms with van der Waals surface area (Å²) in [6.45, 7) is 16.5. The van der Waals surface area contributed by atoms with Crippen molar-refractivity contribution < 1.29 is 0 Å². The van der Waals surface area contributed by atoms with E-state index < -0.39 is 0 Å². The molecule has 0 aromatic rings. The molecule has 3 saturated heterocycles. The molecule has 0 aliphatic carbocycles. The monoisotopic (exact) mass is 377 g/mol. The molecule has 3 fully saturated rings. The van der Waals surface area contributed by atoms with Gasteiger partial charge < -0.3 is 15.1 Å². The molecule has 0 aromatic carbocycles. The zero-order chi connectivity index (χ0) is 19.2. The van der Waals surface area contributed by atoms with Crippen molar-refractivity contribution in [3.63, 3.8) is 0 Å². The van der Waals surface area contributed by atoms with Crippen molar-refractivity contribution in [2.75, 3.05) is 32.7 Å². The first kappa shape index (κ1) is 21.6. The number of hydrogen-bond donors (Lipinski definition) is 1. The first-order chi connectivity index (χ1) is 13.1. The fourth-order valence-electron chi connectivity index (χ4n) is 6.13. The van der Waals surface area contributed by atoms with Gasteiger partial charge in [0.1, 0.15) is 0 Å². The van der Waals surface area contributed by atoms with Crippen molar-refractivity contribution in [1.82, 2.24) is 15.1 Å². The molecule has 0 amide bonds. The van der Waals surface area contributed by atoms with Gasteiger partial charge in [-0.15, -0.1) is 0 Å². The summed E-state index contributed by atoms with van der Waals surface area (Å²) in [5.41, 5.74) is 0. The van der Waals surface area contributed by atoms with E-state index in [0.29, 0.717) is 0 Å². The van der Waals surface area contributed by atoms with Crippen molar-refractivity contribution in [2.24, 2.45) is 17.8 Å². The van der Waals surface area contributed by atoms with Crippen LogP contribution in [0.1, 0.15) is 85.5 Å². The minimum absolute atomic E-state index is 0.742. The molecule has 3 aliphatic rings. The predicted octanol–water partition coefficient (Wildman–Crippen LogP) is 4.77. The lowest BCUT2D eigenvalue weighted by molar-refractivity contribution is 0.0916. The number of hydrogen-bond acceptors (Lipinski definition) is 3. The second kappa shape index (κ2) is 10.6. The van der Waals surface area contributed by atoms with Crippen LogP contribution >= 0.6 is 0 Å². The highest BCUT2D eigenvalue weighted by atomic mass is 15.2. The number of likely N-dealkylation sites (tertiary alicyclic amines) is 2. The molecule has 6 atom stereocenters. The summed E-state index contributed by atoms with van der Waals surface area (Å²) in [4.78, 5) is 5.60. The van der Waals surface area contributed by atoms with Crippen molar-refractivity contribution in [3.8, 4) is 0 Å². The topological polar surface area (TPSA) is 18.5 Å². The van der Waals surface area contributed by atoms with Crippen molar-refractivity contribution in [1.29, 1.82) is 0 Å². The Morgan fingerprint density at radius 3 is 2.26 bits per heavy atom. The van der Waals surface area contributed by atoms with Crippen LogP contribution < -0.4 is 5.32 Å². The fourth-order valence-corrected chi connectivity index (χ4v) is 6.13. The molecule has 0 saturated carbocycles. The predicted molar refractivity (Wildman–Crippen MR) is 117 cm³/mol. The lowest BCUT2D eigenvalue weighted by atomic mass is 9.83. The van der Waals surface area contributed by atoms with E-state index in [4.69, 9.17) is 0 Å². The van der Waals surface area contributed by atoms with E-state index >= 15 is 0 Å². The Morgan fingerprint density at radius 2 is 1.59 bits per heavy atom. The van der Waals surface area contributed by atoms with Gasteiger partial charge in [0.25, 0.3) is 0 Å². The van der Waals surface area contributed by atoms with Crippen LogP contribution in [-0.4, -0.2) is 60.6 Å². The minimum atomic E-state index is 0.742. The molecule has 3 nitrogen and oxygen atoms in total. The zero-order valence-corrected chi connectivity index (χ0v) is 18.8. The van der Waals surface area contributed by atoms with Crippen LogP contribution in [-0.2, 0) is 0 Å². The number of nitrogens with zero attached hydrogens (tertiary/aromatic N) is 2. The third-order valence-electron chi connectivity index (χ3n) is 8.11. The maximum absolute atomic E-state index is 3.79. The van der Waals surface area contributed by atoms with Crippen LogP contribution in [0.3, 0.4) is 0 Å². The minimum Gasteiger partial charge on any atom is -0.314 e. The largest absolute Gasteiger partial charge is 0.314 e. The molecule has 158 valence electrons. The molecule has 0 aromatic heterocycles. The Bertz CT molecular complexity index is 420. The smallest absolute Gasteiger partial charge is 0.00928 e. The van der Waals surface area contributed by atoms with Gasteiger partial charge >= 0.3 is 0 Å². The van der Waals surface area contributed by atoms with E-state index in [9.17, 15) is 0 Å². The highest BCUT2D eigenvalue weighted by Crippen LogP contribution is 2.29. The van der Waals surface area contributed by atoms with Gasteiger partial charge in [0.05, 0.1) is 0 Å². The van der Waals surface area contributed by atoms with Gasteiger partial charge in [0, 0.05) is 31.2 Å². The standard InChI is InChI=1S/C24H47N3/c1-5-22-11-14-27(17-22)21(4)16-20(3)26-13-8-9-23(18-26)15-19(2)24-10-6-7-12-25-24/h19-25H,5-18H2,1-4H3. The van der Waals surface area contributed by atoms with Gasteiger partial charge in [0.15, 0.2) is 0 Å². The first-order valence-corrected chi connectivity index (χ1v) is 12.3. The Kier molecular flexibility index (Phi) is 8.47. The highest BCUT2D eigenvalue weighted by Gasteiger charge is 2.30. The maximum Gasteiger partial charge on any atom is 0.00928 e. The van der Waals surface area contributed by atoms with Gasteiger partial charge in [-0.1, -0.05) is 26.7 Å². The SMILES string of the molecule is CCC1CCN(C(C)CC(C)N2CCCC(CC(C)C3CCCCN3)C2)C1. The number of rotatable bonds is 8. The first-order valence-electron chi connectivity index (χ1n) is 12.3. The van der Waals surface area contributed by atoms with Gasteiger partial charge in [-0.05, 0) is 96.2 Å². The van der Waals surface area contributed by atoms with Crippen LogP contribution in [0.5, 0.6) is 0 Å². The summed E-state index contributed by atoms with van der Waals surface area (Å²) in [7, 11) is 0. The molecule has 3 heteroatoms. The lowest BCUT2D eigenvalue weighted by Gasteiger charge is -2.40. The van der Waals surface area contributed by atoms with Gasteiger partial charge in [-0.25, -0.2) is 0 Å². The van der Waals surface area contributed by atoms with E-state index in [-0.39, 0.29) is 0 Å². The molecule has 3 heterocycles. The summed E-state index contributed by atoms with van der Waals surface area (Å²) in [5, 5.41) is 3.79. The van der Waals surface area contributed by atoms with E-state index in [1.165, 1.54) is 90.5 Å². The van der Waals surface area contributed by atoms with Crippen LogP contribution in [0.2, 0.25) is 0 Å². The number of nitrogens with one attached hydrogen (secondary N) is 1. The van der Waals surface area contributed by atoms with Gasteiger partial charge in [0.2, 0.25) is 0 Å². The van der Waals surface area contributed by atoms with E-state index in [0.717, 1.165) is 35.9 Å². The molecule has 0 spiro atoms. The van der Waals surface area contributed by atoms with Crippen LogP contribution in [0.4, 0.5) is 0 Å². The average molecular weight is 378 g/mol. The van der Waals surface area contributed by atoms with Crippen LogP contribution in [0.25, 0.3) is 0 Å². The molecule has 3 aliphatic heterocycles. The molecule has 6 unspecified atom stereocenters. The summed E-state index contributed by atoms with van der Waals surface area (Å²) in [6, 6.07) is 2.28. The summed E-state index contributed by atoms with van der Waals surface area (Å²) < 4.78 is 0. The third kappa shape index (κ3) is 6.18. The Labute approximate surface area is 169 Å². The molecular weight excluding hydrogens is 330 g/mol. The van der Waals surface area contributed by atoms with Crippen molar-refractivity contribution in [2.45, 2.75) is 104 Å². The second-order valence-corrected chi connectivity index (χ2v) is 10.3. The Morgan fingerprint density at radius 1 is 0.852 bits per heavy atom. The fraction of sp³-hybridized carbons (Fsp3) is 1.00. The average Bonchev–Trinajstić information content (AvgIpc) is 3.18. The maximum atomic E-state index is 3.79. The van der Waals surface area contributed by atoms with Crippen LogP contribution in [0.15, 0.2) is 0 Å². The zero-order valence-electron chi connectivity index (χ0n) is 18.8. The van der Waals surface area contributed by atoms with E-state index in [1.807, 2.05) is 0 Å². The normalized spacial score (nSPS) is 34.4. The molecular formula is C24H47N3. The van der Waals surface area contributed by atoms with Crippen LogP contribution in [0, 0.1) is 17.8 Å². The molecule has 27 heavy (non-hydrogen) atoms. The van der Waals surface area contributed by atoms with E-state index in [1.54, 1.807) is 0 Å². The lowest BCUT2D eigenvalue weighted by Crippen LogP contribution is -2.46. The molecule has 3 rings (SSSR count). The summed E-state index contributed by atoms with van der Waals surface area (Å²) in [5.74, 6) is 2.73. The Hall–Kier alpha value is -0.120. The second-order valence-electron chi connectivity index (χ2n) is 10.3. The van der Waals surface area contributed by atoms with Crippen molar-refractivity contribution in [3.05, 3.63) is 0 Å². The summed E-state index contributed by atoms with van der Waals surface area (Å²) in [6.07, 6.45) is 12.7. The summed E-state index contributed by atoms with van der Waals surface area (Å²) >= 11 is 0. The number of piperidine rings is 2.